The summed E-state index contributed by atoms with van der Waals surface area (Å²) >= 11 is 6.29. The van der Waals surface area contributed by atoms with Gasteiger partial charge in [0.15, 0.2) is 5.82 Å². The minimum Gasteiger partial charge on any atom is -0.475 e. The van der Waals surface area contributed by atoms with Crippen LogP contribution in [0.2, 0.25) is 5.02 Å². The molecule has 0 radical (unpaired) electrons. The normalized spacial score (nSPS) is 11.0. The van der Waals surface area contributed by atoms with Crippen molar-refractivity contribution in [3.63, 3.8) is 0 Å². The molecular formula is C24H19ClF3N9O2. The number of carboxylic acids is 1. The van der Waals surface area contributed by atoms with Gasteiger partial charge in [-0.15, -0.1) is 5.10 Å². The summed E-state index contributed by atoms with van der Waals surface area (Å²) in [6, 6.07) is 13.5. The van der Waals surface area contributed by atoms with Crippen LogP contribution in [-0.4, -0.2) is 56.7 Å². The van der Waals surface area contributed by atoms with E-state index < -0.39 is 12.1 Å². The predicted octanol–water partition coefficient (Wildman–Crippen LogP) is 4.86. The summed E-state index contributed by atoms with van der Waals surface area (Å²) in [4.78, 5) is 26.4. The molecule has 5 rings (SSSR count). The van der Waals surface area contributed by atoms with Gasteiger partial charge >= 0.3 is 12.1 Å². The Kier molecular flexibility index (Phi) is 7.85. The van der Waals surface area contributed by atoms with Crippen molar-refractivity contribution in [1.29, 1.82) is 0 Å². The van der Waals surface area contributed by atoms with Crippen LogP contribution in [0.25, 0.3) is 28.5 Å². The number of benzene rings is 1. The number of hydrogen-bond donors (Lipinski definition) is 2. The molecule has 0 aliphatic heterocycles. The molecule has 0 aliphatic rings. The molecule has 0 atom stereocenters. The van der Waals surface area contributed by atoms with Crippen molar-refractivity contribution >= 4 is 29.2 Å². The lowest BCUT2D eigenvalue weighted by molar-refractivity contribution is -0.192. The zero-order valence-corrected chi connectivity index (χ0v) is 21.1. The maximum Gasteiger partial charge on any atom is 0.490 e. The molecule has 4 heterocycles. The van der Waals surface area contributed by atoms with E-state index in [2.05, 4.69) is 35.5 Å². The first-order valence-corrected chi connectivity index (χ1v) is 11.4. The molecule has 0 spiro atoms. The van der Waals surface area contributed by atoms with Crippen molar-refractivity contribution in [1.82, 2.24) is 39.5 Å². The van der Waals surface area contributed by atoms with Crippen LogP contribution in [0, 0.1) is 6.92 Å². The van der Waals surface area contributed by atoms with Gasteiger partial charge in [-0.3, -0.25) is 9.67 Å². The van der Waals surface area contributed by atoms with Gasteiger partial charge in [0.25, 0.3) is 0 Å². The first-order chi connectivity index (χ1) is 18.5. The fraction of sp³-hybridized carbons (Fsp3) is 0.125. The van der Waals surface area contributed by atoms with E-state index >= 15 is 0 Å². The monoisotopic (exact) mass is 557 g/mol. The number of aliphatic carboxylic acids is 1. The molecule has 0 saturated heterocycles. The van der Waals surface area contributed by atoms with E-state index in [0.717, 1.165) is 28.3 Å². The minimum atomic E-state index is -5.08. The second kappa shape index (κ2) is 11.3. The Hall–Kier alpha value is -4.85. The molecule has 2 N–H and O–H groups in total. The van der Waals surface area contributed by atoms with Gasteiger partial charge in [-0.05, 0) is 49.4 Å². The number of aryl methyl sites for hydroxylation is 2. The molecular weight excluding hydrogens is 539 g/mol. The van der Waals surface area contributed by atoms with E-state index in [-0.39, 0.29) is 0 Å². The summed E-state index contributed by atoms with van der Waals surface area (Å²) in [7, 11) is 1.84. The average molecular weight is 558 g/mol. The molecule has 0 aliphatic carbocycles. The zero-order chi connectivity index (χ0) is 28.2. The number of pyridine rings is 1. The van der Waals surface area contributed by atoms with Crippen LogP contribution >= 0.6 is 11.6 Å². The van der Waals surface area contributed by atoms with Crippen molar-refractivity contribution in [3.8, 4) is 28.5 Å². The van der Waals surface area contributed by atoms with Gasteiger partial charge in [-0.25, -0.2) is 24.4 Å². The molecule has 4 aromatic heterocycles. The van der Waals surface area contributed by atoms with Crippen LogP contribution in [0.3, 0.4) is 0 Å². The largest absolute Gasteiger partial charge is 0.490 e. The molecule has 1 aromatic carbocycles. The van der Waals surface area contributed by atoms with E-state index in [1.165, 1.54) is 0 Å². The van der Waals surface area contributed by atoms with Gasteiger partial charge in [0.2, 0.25) is 5.95 Å². The number of nitrogens with zero attached hydrogens (tertiary/aromatic N) is 8. The van der Waals surface area contributed by atoms with Crippen LogP contribution in [0.15, 0.2) is 67.4 Å². The Morgan fingerprint density at radius 2 is 1.74 bits per heavy atom. The standard InChI is InChI=1S/C22H18ClN9.C2HF3O2/c1-14-3-4-15(11-24-14)21-26-13-32(30-21)17-7-5-16(6-8-17)28-22-25-12-18(23)20(29-22)19-9-10-27-31(19)2;3-2(4,5)1(6)7/h3-13H,1-2H3,(H,25,28,29);(H,6,7). The average Bonchev–Trinajstić information content (AvgIpc) is 3.56. The summed E-state index contributed by atoms with van der Waals surface area (Å²) in [6.45, 7) is 1.94. The zero-order valence-electron chi connectivity index (χ0n) is 20.3. The molecule has 11 nitrogen and oxygen atoms in total. The van der Waals surface area contributed by atoms with E-state index in [1.54, 1.807) is 34.3 Å². The lowest BCUT2D eigenvalue weighted by Gasteiger charge is -2.09. The van der Waals surface area contributed by atoms with Crippen molar-refractivity contribution in [2.75, 3.05) is 5.32 Å². The van der Waals surface area contributed by atoms with Crippen molar-refractivity contribution < 1.29 is 23.1 Å². The van der Waals surface area contributed by atoms with Crippen LogP contribution in [0.5, 0.6) is 0 Å². The van der Waals surface area contributed by atoms with E-state index in [4.69, 9.17) is 21.5 Å². The first kappa shape index (κ1) is 27.2. The Balaban J connectivity index is 0.000000448. The molecule has 0 unspecified atom stereocenters. The van der Waals surface area contributed by atoms with E-state index in [0.29, 0.717) is 22.5 Å². The van der Waals surface area contributed by atoms with Crippen molar-refractivity contribution in [2.24, 2.45) is 7.05 Å². The number of hydrogen-bond acceptors (Lipinski definition) is 8. The molecule has 5 aromatic rings. The highest BCUT2D eigenvalue weighted by Gasteiger charge is 2.38. The second-order valence-electron chi connectivity index (χ2n) is 7.91. The van der Waals surface area contributed by atoms with Crippen LogP contribution in [0.1, 0.15) is 5.69 Å². The van der Waals surface area contributed by atoms with Crippen LogP contribution in [-0.2, 0) is 11.8 Å². The Labute approximate surface area is 224 Å². The molecule has 39 heavy (non-hydrogen) atoms. The minimum absolute atomic E-state index is 0.438. The van der Waals surface area contributed by atoms with Crippen LogP contribution in [0.4, 0.5) is 24.8 Å². The van der Waals surface area contributed by atoms with E-state index in [1.807, 2.05) is 56.4 Å². The van der Waals surface area contributed by atoms with E-state index in [9.17, 15) is 13.2 Å². The van der Waals surface area contributed by atoms with Gasteiger partial charge in [-0.1, -0.05) is 11.6 Å². The molecule has 0 fully saturated rings. The topological polar surface area (TPSA) is 137 Å². The molecule has 15 heteroatoms. The highest BCUT2D eigenvalue weighted by atomic mass is 35.5. The summed E-state index contributed by atoms with van der Waals surface area (Å²) in [5.41, 5.74) is 4.95. The molecule has 0 bridgehead atoms. The smallest absolute Gasteiger partial charge is 0.475 e. The lowest BCUT2D eigenvalue weighted by Crippen LogP contribution is -2.21. The Morgan fingerprint density at radius 3 is 2.33 bits per heavy atom. The van der Waals surface area contributed by atoms with Crippen LogP contribution < -0.4 is 5.32 Å². The third-order valence-electron chi connectivity index (χ3n) is 5.10. The number of nitrogens with one attached hydrogen (secondary N) is 1. The highest BCUT2D eigenvalue weighted by Crippen LogP contribution is 2.26. The maximum absolute atomic E-state index is 10.6. The van der Waals surface area contributed by atoms with Crippen molar-refractivity contribution in [3.05, 3.63) is 78.1 Å². The third-order valence-corrected chi connectivity index (χ3v) is 5.38. The van der Waals surface area contributed by atoms with Gasteiger partial charge in [0, 0.05) is 36.4 Å². The number of aromatic nitrogens is 8. The first-order valence-electron chi connectivity index (χ1n) is 11.0. The number of halogens is 4. The van der Waals surface area contributed by atoms with Gasteiger partial charge < -0.3 is 10.4 Å². The second-order valence-corrected chi connectivity index (χ2v) is 8.31. The van der Waals surface area contributed by atoms with Gasteiger partial charge in [0.1, 0.15) is 12.0 Å². The molecule has 200 valence electrons. The quantitative estimate of drug-likeness (QED) is 0.310. The number of anilines is 2. The number of rotatable bonds is 5. The maximum atomic E-state index is 10.6. The van der Waals surface area contributed by atoms with Gasteiger partial charge in [0.05, 0.1) is 22.6 Å². The highest BCUT2D eigenvalue weighted by molar-refractivity contribution is 6.32. The fourth-order valence-electron chi connectivity index (χ4n) is 3.16. The molecule has 0 amide bonds. The number of alkyl halides is 3. The molecule has 0 saturated carbocycles. The summed E-state index contributed by atoms with van der Waals surface area (Å²) in [5, 5.41) is 19.5. The Bertz CT molecular complexity index is 1580. The predicted molar refractivity (Wildman–Crippen MR) is 136 cm³/mol. The SMILES string of the molecule is Cc1ccc(-c2ncn(-c3ccc(Nc4ncc(Cl)c(-c5ccnn5C)n4)cc3)n2)cn1.O=C(O)C(F)(F)F. The van der Waals surface area contributed by atoms with Gasteiger partial charge in [-0.2, -0.15) is 18.3 Å². The summed E-state index contributed by atoms with van der Waals surface area (Å²) < 4.78 is 35.2. The lowest BCUT2D eigenvalue weighted by atomic mass is 10.2. The summed E-state index contributed by atoms with van der Waals surface area (Å²) in [5.74, 6) is -1.70. The Morgan fingerprint density at radius 1 is 1.03 bits per heavy atom. The fourth-order valence-corrected chi connectivity index (χ4v) is 3.35. The summed E-state index contributed by atoms with van der Waals surface area (Å²) in [6.07, 6.45) is 1.64. The number of carbonyl (C=O) groups is 1. The number of carboxylic acid groups (broad SMARTS) is 1. The third kappa shape index (κ3) is 6.73. The van der Waals surface area contributed by atoms with Crippen molar-refractivity contribution in [2.45, 2.75) is 13.1 Å².